The van der Waals surface area contributed by atoms with Crippen LogP contribution in [-0.4, -0.2) is 80.5 Å². The number of anilines is 1. The van der Waals surface area contributed by atoms with Crippen molar-refractivity contribution >= 4 is 17.9 Å². The number of halogens is 6. The van der Waals surface area contributed by atoms with E-state index in [0.717, 1.165) is 37.4 Å². The Morgan fingerprint density at radius 2 is 1.34 bits per heavy atom. The Balaban J connectivity index is 0.000000257. The topological polar surface area (TPSA) is 120 Å². The van der Waals surface area contributed by atoms with Gasteiger partial charge in [-0.15, -0.1) is 0 Å². The average Bonchev–Trinajstić information content (AvgIpc) is 3.33. The molecule has 2 aromatic rings. The summed E-state index contributed by atoms with van der Waals surface area (Å²) in [5, 5.41) is 14.2. The van der Waals surface area contributed by atoms with Gasteiger partial charge in [0.25, 0.3) is 0 Å². The van der Waals surface area contributed by atoms with Crippen LogP contribution in [0.2, 0.25) is 0 Å². The predicted octanol–water partition coefficient (Wildman–Crippen LogP) is 2.71. The third-order valence-corrected chi connectivity index (χ3v) is 5.01. The van der Waals surface area contributed by atoms with E-state index < -0.39 is 24.3 Å². The standard InChI is InChI=1S/C16H19N5.2C2HF3O2/c1-3-13(7-17-4-1)8-20-9-14-11-21(12-15(14)10-20)16-18-5-2-6-19-16;2*3-2(4,5)1(6)7/h1-7,14-15H,8-12H2;2*(H,6,7). The zero-order valence-corrected chi connectivity index (χ0v) is 17.9. The lowest BCUT2D eigenvalue weighted by Gasteiger charge is -2.21. The fraction of sp³-hybridized carbons (Fsp3) is 0.450. The second-order valence-electron chi connectivity index (χ2n) is 7.64. The van der Waals surface area contributed by atoms with Crippen LogP contribution in [0.25, 0.3) is 0 Å². The van der Waals surface area contributed by atoms with Gasteiger partial charge in [-0.05, 0) is 29.5 Å². The molecule has 2 aromatic heterocycles. The summed E-state index contributed by atoms with van der Waals surface area (Å²) in [5.41, 5.74) is 1.31. The van der Waals surface area contributed by atoms with Crippen molar-refractivity contribution in [3.8, 4) is 0 Å². The fourth-order valence-corrected chi connectivity index (χ4v) is 3.59. The average molecular weight is 509 g/mol. The van der Waals surface area contributed by atoms with Gasteiger partial charge in [-0.2, -0.15) is 26.3 Å². The summed E-state index contributed by atoms with van der Waals surface area (Å²) < 4.78 is 63.5. The molecule has 0 amide bonds. The number of aliphatic carboxylic acids is 2. The maximum absolute atomic E-state index is 10.6. The van der Waals surface area contributed by atoms with Crippen molar-refractivity contribution in [1.29, 1.82) is 0 Å². The number of pyridine rings is 1. The van der Waals surface area contributed by atoms with E-state index >= 15 is 0 Å². The number of hydrogen-bond acceptors (Lipinski definition) is 7. The Labute approximate surface area is 195 Å². The maximum atomic E-state index is 10.6. The van der Waals surface area contributed by atoms with Crippen molar-refractivity contribution in [2.45, 2.75) is 18.9 Å². The number of carbonyl (C=O) groups is 2. The van der Waals surface area contributed by atoms with Crippen LogP contribution in [0.1, 0.15) is 5.56 Å². The van der Waals surface area contributed by atoms with Crippen LogP contribution in [0.5, 0.6) is 0 Å². The Kier molecular flexibility index (Phi) is 9.33. The van der Waals surface area contributed by atoms with E-state index in [1.807, 2.05) is 36.9 Å². The minimum atomic E-state index is -5.08. The molecular formula is C20H21F6N5O4. The van der Waals surface area contributed by atoms with Crippen LogP contribution in [0.3, 0.4) is 0 Å². The molecule has 0 spiro atoms. The second-order valence-corrected chi connectivity index (χ2v) is 7.64. The van der Waals surface area contributed by atoms with Crippen molar-refractivity contribution in [1.82, 2.24) is 19.9 Å². The Morgan fingerprint density at radius 3 is 1.74 bits per heavy atom. The third-order valence-electron chi connectivity index (χ3n) is 5.01. The normalized spacial score (nSPS) is 19.7. The van der Waals surface area contributed by atoms with E-state index in [1.54, 1.807) is 0 Å². The van der Waals surface area contributed by atoms with Gasteiger partial charge in [0.05, 0.1) is 0 Å². The van der Waals surface area contributed by atoms with Crippen LogP contribution in [0.4, 0.5) is 32.3 Å². The van der Waals surface area contributed by atoms with Crippen molar-refractivity contribution in [3.05, 3.63) is 48.5 Å². The molecule has 2 unspecified atom stereocenters. The monoisotopic (exact) mass is 509 g/mol. The first kappa shape index (κ1) is 27.8. The molecular weight excluding hydrogens is 488 g/mol. The van der Waals surface area contributed by atoms with Gasteiger partial charge in [0.1, 0.15) is 0 Å². The molecule has 15 heteroatoms. The minimum absolute atomic E-state index is 0.741. The molecule has 2 aliphatic rings. The van der Waals surface area contributed by atoms with E-state index in [0.29, 0.717) is 0 Å². The van der Waals surface area contributed by atoms with Crippen LogP contribution in [0.15, 0.2) is 43.0 Å². The lowest BCUT2D eigenvalue weighted by Crippen LogP contribution is -2.29. The summed E-state index contributed by atoms with van der Waals surface area (Å²) in [7, 11) is 0. The summed E-state index contributed by atoms with van der Waals surface area (Å²) in [6.45, 7) is 5.52. The second kappa shape index (κ2) is 11.8. The van der Waals surface area contributed by atoms with Crippen LogP contribution in [0, 0.1) is 11.8 Å². The number of hydrogen-bond donors (Lipinski definition) is 2. The van der Waals surface area contributed by atoms with Gasteiger partial charge in [0, 0.05) is 57.5 Å². The van der Waals surface area contributed by atoms with Crippen LogP contribution in [-0.2, 0) is 16.1 Å². The Morgan fingerprint density at radius 1 is 0.857 bits per heavy atom. The number of carboxylic acid groups (broad SMARTS) is 2. The zero-order valence-electron chi connectivity index (χ0n) is 17.9. The van der Waals surface area contributed by atoms with E-state index in [9.17, 15) is 26.3 Å². The van der Waals surface area contributed by atoms with Crippen molar-refractivity contribution in [2.75, 3.05) is 31.1 Å². The number of aromatic nitrogens is 3. The van der Waals surface area contributed by atoms with E-state index in [1.165, 1.54) is 18.7 Å². The number of likely N-dealkylation sites (tertiary alicyclic amines) is 1. The SMILES string of the molecule is O=C(O)C(F)(F)F.O=C(O)C(F)(F)F.c1cnc(N2CC3CN(Cc4cccnc4)CC3C2)nc1. The highest BCUT2D eigenvalue weighted by Gasteiger charge is 2.41. The van der Waals surface area contributed by atoms with E-state index in [4.69, 9.17) is 19.8 Å². The number of rotatable bonds is 3. The number of carboxylic acids is 2. The van der Waals surface area contributed by atoms with Crippen LogP contribution < -0.4 is 4.90 Å². The molecule has 4 heterocycles. The predicted molar refractivity (Wildman–Crippen MR) is 108 cm³/mol. The smallest absolute Gasteiger partial charge is 0.475 e. The molecule has 2 fully saturated rings. The summed E-state index contributed by atoms with van der Waals surface area (Å²) in [6.07, 6.45) is -2.71. The van der Waals surface area contributed by atoms with Gasteiger partial charge in [0.2, 0.25) is 5.95 Å². The van der Waals surface area contributed by atoms with E-state index in [2.05, 4.69) is 30.8 Å². The van der Waals surface area contributed by atoms with Gasteiger partial charge in [0.15, 0.2) is 0 Å². The highest BCUT2D eigenvalue weighted by Crippen LogP contribution is 2.33. The van der Waals surface area contributed by atoms with Gasteiger partial charge >= 0.3 is 24.3 Å². The van der Waals surface area contributed by atoms with Gasteiger partial charge in [-0.1, -0.05) is 6.07 Å². The summed E-state index contributed by atoms with van der Waals surface area (Å²) in [6, 6.07) is 6.04. The first-order valence-corrected chi connectivity index (χ1v) is 10.0. The first-order valence-electron chi connectivity index (χ1n) is 10.0. The summed E-state index contributed by atoms with van der Waals surface area (Å²) in [5.74, 6) is -3.15. The van der Waals surface area contributed by atoms with Crippen molar-refractivity contribution < 1.29 is 46.1 Å². The summed E-state index contributed by atoms with van der Waals surface area (Å²) >= 11 is 0. The number of nitrogens with zero attached hydrogens (tertiary/aromatic N) is 5. The van der Waals surface area contributed by atoms with Gasteiger partial charge < -0.3 is 15.1 Å². The third kappa shape index (κ3) is 8.99. The van der Waals surface area contributed by atoms with Gasteiger partial charge in [-0.3, -0.25) is 9.88 Å². The van der Waals surface area contributed by atoms with Crippen molar-refractivity contribution in [3.63, 3.8) is 0 Å². The summed E-state index contributed by atoms with van der Waals surface area (Å²) in [4.78, 5) is 35.6. The molecule has 0 radical (unpaired) electrons. The maximum Gasteiger partial charge on any atom is 0.490 e. The molecule has 2 saturated heterocycles. The molecule has 192 valence electrons. The zero-order chi connectivity index (χ0) is 26.2. The van der Waals surface area contributed by atoms with Crippen molar-refractivity contribution in [2.24, 2.45) is 11.8 Å². The Bertz CT molecular complexity index is 924. The molecule has 4 rings (SSSR count). The Hall–Kier alpha value is -3.49. The van der Waals surface area contributed by atoms with Gasteiger partial charge in [-0.25, -0.2) is 19.6 Å². The molecule has 0 aliphatic carbocycles. The highest BCUT2D eigenvalue weighted by molar-refractivity contribution is 5.73. The molecule has 9 nitrogen and oxygen atoms in total. The quantitative estimate of drug-likeness (QED) is 0.602. The fourth-order valence-electron chi connectivity index (χ4n) is 3.59. The molecule has 0 saturated carbocycles. The van der Waals surface area contributed by atoms with E-state index in [-0.39, 0.29) is 0 Å². The first-order chi connectivity index (χ1) is 16.3. The molecule has 0 bridgehead atoms. The highest BCUT2D eigenvalue weighted by atomic mass is 19.4. The largest absolute Gasteiger partial charge is 0.490 e. The molecule has 2 atom stereocenters. The number of alkyl halides is 6. The lowest BCUT2D eigenvalue weighted by molar-refractivity contribution is -0.193. The molecule has 35 heavy (non-hydrogen) atoms. The minimum Gasteiger partial charge on any atom is -0.475 e. The lowest BCUT2D eigenvalue weighted by atomic mass is 10.0. The number of fused-ring (bicyclic) bond motifs is 1. The molecule has 2 aliphatic heterocycles. The van der Waals surface area contributed by atoms with Crippen LogP contribution >= 0.6 is 0 Å². The molecule has 0 aromatic carbocycles. The molecule has 2 N–H and O–H groups in total.